The lowest BCUT2D eigenvalue weighted by Gasteiger charge is -2.22. The Morgan fingerprint density at radius 2 is 2.00 bits per heavy atom. The van der Waals surface area contributed by atoms with E-state index in [1.807, 2.05) is 6.07 Å². The van der Waals surface area contributed by atoms with Gasteiger partial charge in [0.05, 0.1) is 29.1 Å². The zero-order valence-corrected chi connectivity index (χ0v) is 17.0. The zero-order chi connectivity index (χ0) is 20.8. The van der Waals surface area contributed by atoms with Crippen molar-refractivity contribution < 1.29 is 4.74 Å². The molecule has 0 unspecified atom stereocenters. The van der Waals surface area contributed by atoms with E-state index in [-0.39, 0.29) is 0 Å². The van der Waals surface area contributed by atoms with Crippen LogP contribution in [0.4, 0.5) is 17.1 Å². The lowest BCUT2D eigenvalue weighted by molar-refractivity contribution is 0.324. The van der Waals surface area contributed by atoms with Crippen LogP contribution in [-0.2, 0) is 7.05 Å². The Bertz CT molecular complexity index is 1440. The molecule has 4 heterocycles. The van der Waals surface area contributed by atoms with Gasteiger partial charge in [0.2, 0.25) is 0 Å². The molecular weight excluding hydrogens is 388 g/mol. The van der Waals surface area contributed by atoms with E-state index in [2.05, 4.69) is 73.7 Å². The average molecular weight is 408 g/mol. The highest BCUT2D eigenvalue weighted by molar-refractivity contribution is 5.97. The standard InChI is InChI=1S/C24H20N6O/c1-30-8-4-15-2-3-16(10-22(15)30)18-11-17(12-19-23(18)28-6-5-26-19)29-21-14-25-13-20-24(21)31-9-7-27-20/h2-6,8,10-14,27,29H,7,9H2,1H3. The van der Waals surface area contributed by atoms with Gasteiger partial charge in [0.25, 0.3) is 0 Å². The van der Waals surface area contributed by atoms with Gasteiger partial charge < -0.3 is 19.9 Å². The van der Waals surface area contributed by atoms with Gasteiger partial charge in [0.1, 0.15) is 12.3 Å². The van der Waals surface area contributed by atoms with Crippen molar-refractivity contribution in [1.29, 1.82) is 0 Å². The van der Waals surface area contributed by atoms with Gasteiger partial charge in [-0.25, -0.2) is 0 Å². The van der Waals surface area contributed by atoms with Crippen LogP contribution in [0.3, 0.4) is 0 Å². The number of anilines is 3. The van der Waals surface area contributed by atoms with Gasteiger partial charge in [-0.1, -0.05) is 12.1 Å². The molecule has 0 amide bonds. The number of fused-ring (bicyclic) bond motifs is 3. The SMILES string of the molecule is Cn1ccc2ccc(-c3cc(Nc4cncc5c4OCCN5)cc4nccnc34)cc21. The minimum atomic E-state index is 0.622. The third-order valence-electron chi connectivity index (χ3n) is 5.61. The number of aromatic nitrogens is 4. The summed E-state index contributed by atoms with van der Waals surface area (Å²) in [6, 6.07) is 12.7. The monoisotopic (exact) mass is 408 g/mol. The number of benzene rings is 2. The number of pyridine rings is 1. The molecule has 1 aliphatic heterocycles. The Balaban J connectivity index is 1.50. The summed E-state index contributed by atoms with van der Waals surface area (Å²) in [7, 11) is 2.06. The number of aryl methyl sites for hydroxylation is 1. The van der Waals surface area contributed by atoms with Crippen LogP contribution in [0.5, 0.6) is 5.75 Å². The first-order chi connectivity index (χ1) is 15.3. The van der Waals surface area contributed by atoms with Crippen molar-refractivity contribution in [3.8, 4) is 16.9 Å². The molecule has 0 saturated heterocycles. The Morgan fingerprint density at radius 1 is 1.06 bits per heavy atom. The van der Waals surface area contributed by atoms with E-state index in [0.29, 0.717) is 6.61 Å². The fourth-order valence-corrected chi connectivity index (χ4v) is 4.11. The first-order valence-electron chi connectivity index (χ1n) is 10.2. The number of rotatable bonds is 3. The largest absolute Gasteiger partial charge is 0.487 e. The third-order valence-corrected chi connectivity index (χ3v) is 5.61. The second-order valence-corrected chi connectivity index (χ2v) is 7.61. The summed E-state index contributed by atoms with van der Waals surface area (Å²) in [5.74, 6) is 0.785. The minimum Gasteiger partial charge on any atom is -0.487 e. The third kappa shape index (κ3) is 3.02. The van der Waals surface area contributed by atoms with Gasteiger partial charge in [0, 0.05) is 49.0 Å². The van der Waals surface area contributed by atoms with Crippen molar-refractivity contribution in [2.45, 2.75) is 0 Å². The summed E-state index contributed by atoms with van der Waals surface area (Å²) in [6.45, 7) is 1.40. The van der Waals surface area contributed by atoms with Crippen molar-refractivity contribution in [2.24, 2.45) is 7.05 Å². The summed E-state index contributed by atoms with van der Waals surface area (Å²) < 4.78 is 8.01. The number of nitrogens with zero attached hydrogens (tertiary/aromatic N) is 4. The maximum Gasteiger partial charge on any atom is 0.169 e. The van der Waals surface area contributed by atoms with Gasteiger partial charge >= 0.3 is 0 Å². The molecule has 3 aromatic heterocycles. The van der Waals surface area contributed by atoms with Crippen LogP contribution >= 0.6 is 0 Å². The smallest absolute Gasteiger partial charge is 0.169 e. The Labute approximate surface area is 178 Å². The fraction of sp³-hybridized carbons (Fsp3) is 0.125. The van der Waals surface area contributed by atoms with E-state index in [0.717, 1.165) is 51.5 Å². The molecule has 7 nitrogen and oxygen atoms in total. The molecule has 5 aromatic rings. The van der Waals surface area contributed by atoms with Crippen LogP contribution in [0, 0.1) is 0 Å². The van der Waals surface area contributed by atoms with Crippen LogP contribution in [0.1, 0.15) is 0 Å². The van der Waals surface area contributed by atoms with Crippen molar-refractivity contribution in [2.75, 3.05) is 23.8 Å². The molecule has 2 N–H and O–H groups in total. The van der Waals surface area contributed by atoms with E-state index in [9.17, 15) is 0 Å². The molecule has 0 saturated carbocycles. The van der Waals surface area contributed by atoms with Crippen molar-refractivity contribution in [3.05, 3.63) is 67.4 Å². The Kier molecular flexibility index (Phi) is 3.99. The highest BCUT2D eigenvalue weighted by Gasteiger charge is 2.16. The van der Waals surface area contributed by atoms with Gasteiger partial charge in [-0.3, -0.25) is 15.0 Å². The predicted molar refractivity (Wildman–Crippen MR) is 123 cm³/mol. The molecular formula is C24H20N6O. The summed E-state index contributed by atoms with van der Waals surface area (Å²) >= 11 is 0. The number of hydrogen-bond acceptors (Lipinski definition) is 6. The first kappa shape index (κ1) is 17.7. The minimum absolute atomic E-state index is 0.622. The summed E-state index contributed by atoms with van der Waals surface area (Å²) in [5.41, 5.74) is 7.60. The average Bonchev–Trinajstić information content (AvgIpc) is 3.19. The first-order valence-corrected chi connectivity index (χ1v) is 10.2. The maximum atomic E-state index is 5.89. The highest BCUT2D eigenvalue weighted by atomic mass is 16.5. The molecule has 0 atom stereocenters. The van der Waals surface area contributed by atoms with Gasteiger partial charge in [0.15, 0.2) is 5.75 Å². The van der Waals surface area contributed by atoms with Crippen molar-refractivity contribution in [1.82, 2.24) is 19.5 Å². The quantitative estimate of drug-likeness (QED) is 0.449. The van der Waals surface area contributed by atoms with E-state index in [1.54, 1.807) is 24.8 Å². The summed E-state index contributed by atoms with van der Waals surface area (Å²) in [4.78, 5) is 13.5. The van der Waals surface area contributed by atoms with Crippen molar-refractivity contribution >= 4 is 39.0 Å². The van der Waals surface area contributed by atoms with Crippen LogP contribution < -0.4 is 15.4 Å². The molecule has 0 radical (unpaired) electrons. The predicted octanol–water partition coefficient (Wildman–Crippen LogP) is 4.73. The van der Waals surface area contributed by atoms with E-state index < -0.39 is 0 Å². The number of ether oxygens (including phenoxy) is 1. The maximum absolute atomic E-state index is 5.89. The van der Waals surface area contributed by atoms with Crippen LogP contribution in [0.15, 0.2) is 67.4 Å². The second-order valence-electron chi connectivity index (χ2n) is 7.61. The lowest BCUT2D eigenvalue weighted by atomic mass is 10.0. The number of hydrogen-bond donors (Lipinski definition) is 2. The zero-order valence-electron chi connectivity index (χ0n) is 17.0. The lowest BCUT2D eigenvalue weighted by Crippen LogP contribution is -2.19. The topological polar surface area (TPSA) is 76.9 Å². The Morgan fingerprint density at radius 3 is 2.97 bits per heavy atom. The summed E-state index contributed by atoms with van der Waals surface area (Å²) in [5, 5.41) is 8.01. The van der Waals surface area contributed by atoms with Gasteiger partial charge in [-0.2, -0.15) is 0 Å². The highest BCUT2D eigenvalue weighted by Crippen LogP contribution is 2.38. The molecule has 7 heteroatoms. The molecule has 0 spiro atoms. The molecule has 6 rings (SSSR count). The molecule has 0 aliphatic carbocycles. The van der Waals surface area contributed by atoms with E-state index in [1.165, 1.54) is 10.9 Å². The molecule has 2 aromatic carbocycles. The molecule has 1 aliphatic rings. The van der Waals surface area contributed by atoms with Gasteiger partial charge in [-0.05, 0) is 35.2 Å². The normalized spacial score (nSPS) is 12.9. The molecule has 31 heavy (non-hydrogen) atoms. The second kappa shape index (κ2) is 6.98. The molecule has 152 valence electrons. The van der Waals surface area contributed by atoms with Crippen LogP contribution in [0.2, 0.25) is 0 Å². The molecule has 0 fully saturated rings. The Hall–Kier alpha value is -4.13. The fourth-order valence-electron chi connectivity index (χ4n) is 4.11. The van der Waals surface area contributed by atoms with Crippen LogP contribution in [-0.4, -0.2) is 32.7 Å². The van der Waals surface area contributed by atoms with E-state index >= 15 is 0 Å². The van der Waals surface area contributed by atoms with Gasteiger partial charge in [-0.15, -0.1) is 0 Å². The van der Waals surface area contributed by atoms with E-state index in [4.69, 9.17) is 4.74 Å². The summed E-state index contributed by atoms with van der Waals surface area (Å²) in [6.07, 6.45) is 9.09. The number of nitrogens with one attached hydrogen (secondary N) is 2. The van der Waals surface area contributed by atoms with Crippen LogP contribution in [0.25, 0.3) is 33.1 Å². The molecule has 0 bridgehead atoms. The van der Waals surface area contributed by atoms with Crippen molar-refractivity contribution in [3.63, 3.8) is 0 Å².